The van der Waals surface area contributed by atoms with Crippen LogP contribution in [0.4, 0.5) is 11.4 Å². The maximum Gasteiger partial charge on any atom is 0.0443 e. The lowest BCUT2D eigenvalue weighted by Gasteiger charge is -2.18. The number of pyridine rings is 1. The van der Waals surface area contributed by atoms with E-state index >= 15 is 0 Å². The third kappa shape index (κ3) is 3.53. The number of rotatable bonds is 4. The van der Waals surface area contributed by atoms with Gasteiger partial charge in [-0.05, 0) is 80.3 Å². The van der Waals surface area contributed by atoms with Gasteiger partial charge in [0.05, 0.1) is 0 Å². The summed E-state index contributed by atoms with van der Waals surface area (Å²) in [5.41, 5.74) is 8.69. The Hall–Kier alpha value is -2.35. The van der Waals surface area contributed by atoms with Gasteiger partial charge in [-0.3, -0.25) is 4.98 Å². The molecule has 0 aliphatic carbocycles. The van der Waals surface area contributed by atoms with E-state index in [1.807, 2.05) is 6.20 Å². The molecule has 0 spiro atoms. The molecular formula is C23H28N2. The molecule has 25 heavy (non-hydrogen) atoms. The van der Waals surface area contributed by atoms with Crippen LogP contribution in [-0.4, -0.2) is 4.98 Å². The van der Waals surface area contributed by atoms with E-state index in [2.05, 4.69) is 82.2 Å². The van der Waals surface area contributed by atoms with Crippen molar-refractivity contribution >= 4 is 22.1 Å². The maximum atomic E-state index is 4.50. The van der Waals surface area contributed by atoms with Gasteiger partial charge >= 0.3 is 0 Å². The van der Waals surface area contributed by atoms with Gasteiger partial charge in [-0.25, -0.2) is 0 Å². The summed E-state index contributed by atoms with van der Waals surface area (Å²) in [5, 5.41) is 6.19. The Balaban J connectivity index is 2.13. The minimum absolute atomic E-state index is 0.520. The fraction of sp³-hybridized carbons (Fsp3) is 0.348. The lowest BCUT2D eigenvalue weighted by molar-refractivity contribution is 0.740. The molecule has 0 aliphatic rings. The summed E-state index contributed by atoms with van der Waals surface area (Å²) < 4.78 is 0. The van der Waals surface area contributed by atoms with Crippen LogP contribution in [0.25, 0.3) is 10.8 Å². The third-order valence-electron chi connectivity index (χ3n) is 5.09. The molecule has 0 saturated heterocycles. The van der Waals surface area contributed by atoms with Gasteiger partial charge < -0.3 is 5.32 Å². The van der Waals surface area contributed by atoms with E-state index in [0.717, 1.165) is 17.8 Å². The number of nitrogens with one attached hydrogen (secondary N) is 1. The van der Waals surface area contributed by atoms with Gasteiger partial charge in [0.25, 0.3) is 0 Å². The van der Waals surface area contributed by atoms with Crippen LogP contribution in [0.1, 0.15) is 54.1 Å². The van der Waals surface area contributed by atoms with Crippen molar-refractivity contribution in [3.63, 3.8) is 0 Å². The standard InChI is InChI=1S/C23H28N2/c1-7-15(3)21-12-20(11-19-13-24-18(6)10-22(19)21)25-23-16(4)8-14(2)9-17(23)5/h8-13,15,25H,7H2,1-6H3. The van der Waals surface area contributed by atoms with E-state index in [1.165, 1.54) is 38.7 Å². The second kappa shape index (κ2) is 6.87. The Morgan fingerprint density at radius 3 is 2.28 bits per heavy atom. The molecule has 0 fully saturated rings. The fourth-order valence-corrected chi connectivity index (χ4v) is 3.61. The lowest BCUT2D eigenvalue weighted by atomic mass is 9.92. The molecule has 1 unspecified atom stereocenters. The highest BCUT2D eigenvalue weighted by Gasteiger charge is 2.12. The van der Waals surface area contributed by atoms with Gasteiger partial charge in [0.15, 0.2) is 0 Å². The van der Waals surface area contributed by atoms with Crippen LogP contribution in [-0.2, 0) is 0 Å². The number of anilines is 2. The second-order valence-corrected chi connectivity index (χ2v) is 7.32. The highest BCUT2D eigenvalue weighted by Crippen LogP contribution is 2.33. The largest absolute Gasteiger partial charge is 0.355 e. The van der Waals surface area contributed by atoms with Gasteiger partial charge in [-0.2, -0.15) is 0 Å². The molecule has 2 heteroatoms. The molecule has 130 valence electrons. The first-order valence-electron chi connectivity index (χ1n) is 9.14. The van der Waals surface area contributed by atoms with Crippen molar-refractivity contribution in [3.8, 4) is 0 Å². The quantitative estimate of drug-likeness (QED) is 0.573. The van der Waals surface area contributed by atoms with Crippen LogP contribution in [0.5, 0.6) is 0 Å². The Morgan fingerprint density at radius 1 is 0.960 bits per heavy atom. The molecule has 3 rings (SSSR count). The predicted molar refractivity (Wildman–Crippen MR) is 109 cm³/mol. The number of hydrogen-bond donors (Lipinski definition) is 1. The van der Waals surface area contributed by atoms with Gasteiger partial charge in [0, 0.05) is 28.7 Å². The van der Waals surface area contributed by atoms with E-state index < -0.39 is 0 Å². The molecule has 1 heterocycles. The smallest absolute Gasteiger partial charge is 0.0443 e. The normalized spacial score (nSPS) is 12.4. The average molecular weight is 332 g/mol. The number of aromatic nitrogens is 1. The Morgan fingerprint density at radius 2 is 1.64 bits per heavy atom. The zero-order valence-electron chi connectivity index (χ0n) is 16.2. The van der Waals surface area contributed by atoms with Crippen LogP contribution >= 0.6 is 0 Å². The minimum atomic E-state index is 0.520. The van der Waals surface area contributed by atoms with Crippen LogP contribution in [0.2, 0.25) is 0 Å². The number of benzene rings is 2. The van der Waals surface area contributed by atoms with Crippen molar-refractivity contribution in [3.05, 3.63) is 64.5 Å². The van der Waals surface area contributed by atoms with E-state index in [9.17, 15) is 0 Å². The fourth-order valence-electron chi connectivity index (χ4n) is 3.61. The first-order valence-corrected chi connectivity index (χ1v) is 9.14. The molecule has 3 aromatic rings. The molecular weight excluding hydrogens is 304 g/mol. The summed E-state index contributed by atoms with van der Waals surface area (Å²) >= 11 is 0. The maximum absolute atomic E-state index is 4.50. The molecule has 1 aromatic heterocycles. The first kappa shape index (κ1) is 17.5. The van der Waals surface area contributed by atoms with Crippen LogP contribution < -0.4 is 5.32 Å². The number of nitrogens with zero attached hydrogens (tertiary/aromatic N) is 1. The van der Waals surface area contributed by atoms with Gasteiger partial charge in [0.1, 0.15) is 0 Å². The van der Waals surface area contributed by atoms with Crippen molar-refractivity contribution < 1.29 is 0 Å². The van der Waals surface area contributed by atoms with E-state index in [0.29, 0.717) is 5.92 Å². The SMILES string of the molecule is CCC(C)c1cc(Nc2c(C)cc(C)cc2C)cc2cnc(C)cc12. The zero-order chi connectivity index (χ0) is 18.1. The molecule has 1 N–H and O–H groups in total. The summed E-state index contributed by atoms with van der Waals surface area (Å²) in [4.78, 5) is 4.50. The molecule has 2 aromatic carbocycles. The summed E-state index contributed by atoms with van der Waals surface area (Å²) in [6.45, 7) is 13.1. The molecule has 1 atom stereocenters. The zero-order valence-corrected chi connectivity index (χ0v) is 16.2. The topological polar surface area (TPSA) is 24.9 Å². The summed E-state index contributed by atoms with van der Waals surface area (Å²) in [6.07, 6.45) is 3.12. The van der Waals surface area contributed by atoms with Gasteiger partial charge in [0.2, 0.25) is 0 Å². The van der Waals surface area contributed by atoms with Crippen molar-refractivity contribution in [2.75, 3.05) is 5.32 Å². The third-order valence-corrected chi connectivity index (χ3v) is 5.09. The Kier molecular flexibility index (Phi) is 4.80. The van der Waals surface area contributed by atoms with Gasteiger partial charge in [-0.1, -0.05) is 31.5 Å². The summed E-state index contributed by atoms with van der Waals surface area (Å²) in [6, 6.07) is 11.2. The van der Waals surface area contributed by atoms with E-state index in [-0.39, 0.29) is 0 Å². The number of aryl methyl sites for hydroxylation is 4. The Labute approximate surface area is 151 Å². The number of fused-ring (bicyclic) bond motifs is 1. The lowest BCUT2D eigenvalue weighted by Crippen LogP contribution is -2.00. The first-order chi connectivity index (χ1) is 11.9. The highest BCUT2D eigenvalue weighted by molar-refractivity contribution is 5.90. The van der Waals surface area contributed by atoms with E-state index in [4.69, 9.17) is 0 Å². The Bertz CT molecular complexity index is 902. The number of hydrogen-bond acceptors (Lipinski definition) is 2. The van der Waals surface area contributed by atoms with Crippen LogP contribution in [0.3, 0.4) is 0 Å². The van der Waals surface area contributed by atoms with Crippen molar-refractivity contribution in [1.29, 1.82) is 0 Å². The molecule has 2 nitrogen and oxygen atoms in total. The molecule has 0 aliphatic heterocycles. The predicted octanol–water partition coefficient (Wildman–Crippen LogP) is 6.73. The minimum Gasteiger partial charge on any atom is -0.355 e. The van der Waals surface area contributed by atoms with Crippen molar-refractivity contribution in [2.24, 2.45) is 0 Å². The molecule has 0 saturated carbocycles. The molecule has 0 amide bonds. The van der Waals surface area contributed by atoms with Crippen molar-refractivity contribution in [2.45, 2.75) is 53.9 Å². The summed E-state index contributed by atoms with van der Waals surface area (Å²) in [5.74, 6) is 0.520. The van der Waals surface area contributed by atoms with Crippen LogP contribution in [0.15, 0.2) is 36.5 Å². The molecule has 0 radical (unpaired) electrons. The van der Waals surface area contributed by atoms with Crippen molar-refractivity contribution in [1.82, 2.24) is 4.98 Å². The van der Waals surface area contributed by atoms with Crippen LogP contribution in [0, 0.1) is 27.7 Å². The summed E-state index contributed by atoms with van der Waals surface area (Å²) in [7, 11) is 0. The second-order valence-electron chi connectivity index (χ2n) is 7.32. The average Bonchev–Trinajstić information content (AvgIpc) is 2.57. The molecule has 0 bridgehead atoms. The monoisotopic (exact) mass is 332 g/mol. The highest BCUT2D eigenvalue weighted by atomic mass is 14.9. The van der Waals surface area contributed by atoms with E-state index in [1.54, 1.807) is 0 Å². The van der Waals surface area contributed by atoms with Gasteiger partial charge in [-0.15, -0.1) is 0 Å².